The van der Waals surface area contributed by atoms with Gasteiger partial charge in [-0.3, -0.25) is 0 Å². The molecule has 2 N–H and O–H groups in total. The number of hydrogen-bond donors (Lipinski definition) is 2. The van der Waals surface area contributed by atoms with Crippen molar-refractivity contribution in [3.63, 3.8) is 0 Å². The second-order valence-corrected chi connectivity index (χ2v) is 4.46. The van der Waals surface area contributed by atoms with E-state index in [1.54, 1.807) is 6.20 Å². The fourth-order valence-corrected chi connectivity index (χ4v) is 2.15. The Hall–Kier alpha value is -1.65. The van der Waals surface area contributed by atoms with E-state index < -0.39 is 5.54 Å². The van der Waals surface area contributed by atoms with Crippen LogP contribution in [-0.2, 0) is 12.1 Å². The van der Waals surface area contributed by atoms with Crippen LogP contribution in [0.15, 0.2) is 42.7 Å². The number of hydrogen-bond acceptors (Lipinski definition) is 3. The van der Waals surface area contributed by atoms with E-state index in [9.17, 15) is 5.11 Å². The largest absolute Gasteiger partial charge is 0.394 e. The van der Waals surface area contributed by atoms with Crippen molar-refractivity contribution in [3.05, 3.63) is 54.1 Å². The van der Waals surface area contributed by atoms with Crippen LogP contribution in [-0.4, -0.2) is 28.3 Å². The van der Waals surface area contributed by atoms with Gasteiger partial charge >= 0.3 is 0 Å². The summed E-state index contributed by atoms with van der Waals surface area (Å²) in [5.41, 5.74) is 0.593. The summed E-state index contributed by atoms with van der Waals surface area (Å²) in [6.07, 6.45) is 3.71. The van der Waals surface area contributed by atoms with Gasteiger partial charge in [0, 0.05) is 18.9 Å². The molecule has 2 rings (SSSR count). The highest BCUT2D eigenvalue weighted by atomic mass is 16.3. The van der Waals surface area contributed by atoms with Gasteiger partial charge in [0.05, 0.1) is 12.1 Å². The number of imidazole rings is 1. The number of aromatic nitrogens is 2. The number of aliphatic hydroxyl groups excluding tert-OH is 1. The molecule has 0 spiro atoms. The van der Waals surface area contributed by atoms with Crippen molar-refractivity contribution in [3.8, 4) is 0 Å². The predicted molar refractivity (Wildman–Crippen MR) is 71.2 cm³/mol. The smallest absolute Gasteiger partial charge is 0.105 e. The number of rotatable bonds is 5. The number of benzene rings is 1. The molecule has 4 heteroatoms. The van der Waals surface area contributed by atoms with Gasteiger partial charge in [0.25, 0.3) is 0 Å². The van der Waals surface area contributed by atoms with E-state index in [2.05, 4.69) is 10.3 Å². The Morgan fingerprint density at radius 1 is 1.33 bits per heavy atom. The fourth-order valence-electron chi connectivity index (χ4n) is 2.15. The van der Waals surface area contributed by atoms with Gasteiger partial charge in [0.15, 0.2) is 0 Å². The summed E-state index contributed by atoms with van der Waals surface area (Å²) in [6.45, 7) is 2.64. The van der Waals surface area contributed by atoms with E-state index in [4.69, 9.17) is 0 Å². The third-order valence-electron chi connectivity index (χ3n) is 3.44. The number of likely N-dealkylation sites (N-methyl/N-ethyl adjacent to an activating group) is 1. The van der Waals surface area contributed by atoms with Crippen molar-refractivity contribution >= 4 is 0 Å². The number of nitrogens with one attached hydrogen (secondary N) is 1. The Kier molecular flexibility index (Phi) is 3.79. The zero-order valence-electron chi connectivity index (χ0n) is 10.8. The highest BCUT2D eigenvalue weighted by Gasteiger charge is 2.30. The maximum atomic E-state index is 9.82. The minimum atomic E-state index is -0.479. The SMILES string of the molecule is CNC(CO)(Cn1ccnc1C)c1ccccc1. The van der Waals surface area contributed by atoms with E-state index >= 15 is 0 Å². The maximum Gasteiger partial charge on any atom is 0.105 e. The third kappa shape index (κ3) is 2.30. The first-order valence-electron chi connectivity index (χ1n) is 6.05. The molecule has 2 aromatic rings. The minimum absolute atomic E-state index is 0.0329. The second kappa shape index (κ2) is 5.33. The quantitative estimate of drug-likeness (QED) is 0.835. The van der Waals surface area contributed by atoms with Crippen LogP contribution in [0.2, 0.25) is 0 Å². The number of nitrogens with zero attached hydrogens (tertiary/aromatic N) is 2. The van der Waals surface area contributed by atoms with Crippen LogP contribution in [0.1, 0.15) is 11.4 Å². The molecule has 0 aliphatic heterocycles. The topological polar surface area (TPSA) is 50.1 Å². The molecule has 0 radical (unpaired) electrons. The van der Waals surface area contributed by atoms with E-state index in [-0.39, 0.29) is 6.61 Å². The van der Waals surface area contributed by atoms with E-state index in [1.807, 2.05) is 55.1 Å². The molecule has 18 heavy (non-hydrogen) atoms. The van der Waals surface area contributed by atoms with E-state index in [0.717, 1.165) is 11.4 Å². The van der Waals surface area contributed by atoms with Crippen molar-refractivity contribution in [2.45, 2.75) is 19.0 Å². The molecule has 0 amide bonds. The average Bonchev–Trinajstić information content (AvgIpc) is 2.82. The Balaban J connectivity index is 2.36. The zero-order valence-corrected chi connectivity index (χ0v) is 10.8. The highest BCUT2D eigenvalue weighted by Crippen LogP contribution is 2.23. The van der Waals surface area contributed by atoms with Crippen LogP contribution in [0.5, 0.6) is 0 Å². The molecule has 96 valence electrons. The molecule has 1 unspecified atom stereocenters. The standard InChI is InChI=1S/C14H19N3O/c1-12-16-8-9-17(12)10-14(11-18,15-2)13-6-4-3-5-7-13/h3-9,15,18H,10-11H2,1-2H3. The van der Waals surface area contributed by atoms with Crippen LogP contribution in [0.4, 0.5) is 0 Å². The first-order valence-corrected chi connectivity index (χ1v) is 6.05. The molecule has 0 fully saturated rings. The molecule has 0 saturated heterocycles. The normalized spacial score (nSPS) is 14.4. The van der Waals surface area contributed by atoms with Crippen molar-refractivity contribution in [2.24, 2.45) is 0 Å². The molecule has 4 nitrogen and oxygen atoms in total. The lowest BCUT2D eigenvalue weighted by molar-refractivity contribution is 0.149. The summed E-state index contributed by atoms with van der Waals surface area (Å²) < 4.78 is 2.04. The summed E-state index contributed by atoms with van der Waals surface area (Å²) in [4.78, 5) is 4.22. The van der Waals surface area contributed by atoms with Crippen molar-refractivity contribution in [1.82, 2.24) is 14.9 Å². The van der Waals surface area contributed by atoms with Gasteiger partial charge in [0.1, 0.15) is 5.82 Å². The molecular formula is C14H19N3O. The van der Waals surface area contributed by atoms with Gasteiger partial charge in [-0.05, 0) is 19.5 Å². The predicted octanol–water partition coefficient (Wildman–Crippen LogP) is 1.30. The average molecular weight is 245 g/mol. The molecule has 1 aromatic heterocycles. The van der Waals surface area contributed by atoms with Crippen LogP contribution in [0.3, 0.4) is 0 Å². The summed E-state index contributed by atoms with van der Waals surface area (Å²) in [6, 6.07) is 10.00. The second-order valence-electron chi connectivity index (χ2n) is 4.46. The summed E-state index contributed by atoms with van der Waals surface area (Å²) in [5, 5.41) is 13.1. The van der Waals surface area contributed by atoms with E-state index in [0.29, 0.717) is 6.54 Å². The highest BCUT2D eigenvalue weighted by molar-refractivity contribution is 5.24. The number of aryl methyl sites for hydroxylation is 1. The van der Waals surface area contributed by atoms with Crippen molar-refractivity contribution in [2.75, 3.05) is 13.7 Å². The molecule has 0 aliphatic rings. The lowest BCUT2D eigenvalue weighted by Crippen LogP contribution is -2.47. The van der Waals surface area contributed by atoms with Gasteiger partial charge in [-0.2, -0.15) is 0 Å². The maximum absolute atomic E-state index is 9.82. The monoisotopic (exact) mass is 245 g/mol. The summed E-state index contributed by atoms with van der Waals surface area (Å²) in [5.74, 6) is 0.944. The molecular weight excluding hydrogens is 226 g/mol. The zero-order chi connectivity index (χ0) is 13.0. The molecule has 1 heterocycles. The fraction of sp³-hybridized carbons (Fsp3) is 0.357. The Morgan fingerprint density at radius 2 is 2.06 bits per heavy atom. The van der Waals surface area contributed by atoms with Crippen molar-refractivity contribution in [1.29, 1.82) is 0 Å². The number of aliphatic hydroxyl groups is 1. The Bertz CT molecular complexity index is 489. The Morgan fingerprint density at radius 3 is 2.56 bits per heavy atom. The van der Waals surface area contributed by atoms with E-state index in [1.165, 1.54) is 0 Å². The lowest BCUT2D eigenvalue weighted by atomic mass is 9.90. The van der Waals surface area contributed by atoms with Gasteiger partial charge in [-0.1, -0.05) is 30.3 Å². The van der Waals surface area contributed by atoms with Gasteiger partial charge in [-0.15, -0.1) is 0 Å². The first kappa shape index (κ1) is 12.8. The van der Waals surface area contributed by atoms with Crippen LogP contribution < -0.4 is 5.32 Å². The lowest BCUT2D eigenvalue weighted by Gasteiger charge is -2.33. The Labute approximate surface area is 107 Å². The van der Waals surface area contributed by atoms with Crippen molar-refractivity contribution < 1.29 is 5.11 Å². The van der Waals surface area contributed by atoms with Gasteiger partial charge < -0.3 is 15.0 Å². The van der Waals surface area contributed by atoms with Crippen LogP contribution >= 0.6 is 0 Å². The summed E-state index contributed by atoms with van der Waals surface area (Å²) >= 11 is 0. The van der Waals surface area contributed by atoms with Gasteiger partial charge in [0.2, 0.25) is 0 Å². The van der Waals surface area contributed by atoms with Gasteiger partial charge in [-0.25, -0.2) is 4.98 Å². The molecule has 0 saturated carbocycles. The molecule has 0 bridgehead atoms. The van der Waals surface area contributed by atoms with Crippen LogP contribution in [0.25, 0.3) is 0 Å². The third-order valence-corrected chi connectivity index (χ3v) is 3.44. The summed E-state index contributed by atoms with van der Waals surface area (Å²) in [7, 11) is 1.87. The molecule has 0 aliphatic carbocycles. The minimum Gasteiger partial charge on any atom is -0.394 e. The first-order chi connectivity index (χ1) is 8.72. The molecule has 1 aromatic carbocycles. The molecule has 1 atom stereocenters. The van der Waals surface area contributed by atoms with Crippen LogP contribution in [0, 0.1) is 6.92 Å².